The molecule has 0 spiro atoms. The van der Waals surface area contributed by atoms with Gasteiger partial charge in [0.05, 0.1) is 38.3 Å². The average Bonchev–Trinajstić information content (AvgIpc) is 3.04. The lowest BCUT2D eigenvalue weighted by atomic mass is 10.1. The molecule has 1 saturated heterocycles. The van der Waals surface area contributed by atoms with Gasteiger partial charge >= 0.3 is 0 Å². The number of nitro benzene ring substituents is 1. The van der Waals surface area contributed by atoms with Gasteiger partial charge in [-0.1, -0.05) is 36.4 Å². The molecule has 1 atom stereocenters. The van der Waals surface area contributed by atoms with Gasteiger partial charge < -0.3 is 20.1 Å². The lowest BCUT2D eigenvalue weighted by molar-refractivity contribution is -0.384. The van der Waals surface area contributed by atoms with Crippen molar-refractivity contribution in [2.24, 2.45) is 0 Å². The second-order valence-corrected chi connectivity index (χ2v) is 14.0. The maximum atomic E-state index is 13.9. The molecule has 1 aliphatic heterocycles. The molecule has 15 nitrogen and oxygen atoms in total. The SMILES string of the molecule is COc1ccccc1S(=O)(=O)N1CCN(S(=O)(=O)c2ccccc2OC)CC(=O)NC(Cc2ccc([N+](=O)[O-])cc2)CNC(=O)C1. The van der Waals surface area contributed by atoms with E-state index in [0.29, 0.717) is 5.56 Å². The van der Waals surface area contributed by atoms with Crippen LogP contribution in [0.25, 0.3) is 0 Å². The van der Waals surface area contributed by atoms with E-state index in [0.717, 1.165) is 8.61 Å². The second-order valence-electron chi connectivity index (χ2n) is 10.2. The summed E-state index contributed by atoms with van der Waals surface area (Å²) in [6.07, 6.45) is 0.118. The third-order valence-electron chi connectivity index (χ3n) is 7.15. The highest BCUT2D eigenvalue weighted by molar-refractivity contribution is 7.89. The van der Waals surface area contributed by atoms with E-state index in [-0.39, 0.29) is 39.9 Å². The minimum absolute atomic E-state index is 0.0166. The molecule has 2 N–H and O–H groups in total. The number of rotatable bonds is 9. The number of non-ortho nitro benzene ring substituents is 1. The molecule has 0 aromatic heterocycles. The number of ether oxygens (including phenoxy) is 2. The van der Waals surface area contributed by atoms with Crippen molar-refractivity contribution in [3.05, 3.63) is 88.5 Å². The Balaban J connectivity index is 1.72. The molecule has 0 saturated carbocycles. The van der Waals surface area contributed by atoms with Crippen molar-refractivity contribution in [3.63, 3.8) is 0 Å². The molecule has 0 bridgehead atoms. The Hall–Kier alpha value is -4.58. The Morgan fingerprint density at radius 3 is 1.74 bits per heavy atom. The fourth-order valence-corrected chi connectivity index (χ4v) is 7.92. The highest BCUT2D eigenvalue weighted by atomic mass is 32.2. The van der Waals surface area contributed by atoms with Crippen LogP contribution in [0.3, 0.4) is 0 Å². The summed E-state index contributed by atoms with van der Waals surface area (Å²) < 4.78 is 67.7. The van der Waals surface area contributed by atoms with Crippen LogP contribution in [0.15, 0.2) is 82.6 Å². The number of hydrogen-bond donors (Lipinski definition) is 2. The Labute approximate surface area is 266 Å². The van der Waals surface area contributed by atoms with Crippen LogP contribution in [0.4, 0.5) is 5.69 Å². The zero-order chi connectivity index (χ0) is 33.5. The fraction of sp³-hybridized carbons (Fsp3) is 0.310. The number of benzene rings is 3. The Bertz CT molecular complexity index is 1800. The summed E-state index contributed by atoms with van der Waals surface area (Å²) in [7, 11) is -6.27. The molecule has 246 valence electrons. The van der Waals surface area contributed by atoms with Crippen LogP contribution in [0.2, 0.25) is 0 Å². The first-order valence-electron chi connectivity index (χ1n) is 13.9. The number of nitrogens with one attached hydrogen (secondary N) is 2. The van der Waals surface area contributed by atoms with Crippen molar-refractivity contribution in [3.8, 4) is 11.5 Å². The van der Waals surface area contributed by atoms with Crippen LogP contribution < -0.4 is 20.1 Å². The smallest absolute Gasteiger partial charge is 0.269 e. The number of para-hydroxylation sites is 2. The van der Waals surface area contributed by atoms with Crippen LogP contribution >= 0.6 is 0 Å². The van der Waals surface area contributed by atoms with E-state index in [4.69, 9.17) is 9.47 Å². The predicted octanol–water partition coefficient (Wildman–Crippen LogP) is 1.15. The molecule has 4 rings (SSSR count). The molecule has 2 amide bonds. The first kappa shape index (κ1) is 34.3. The van der Waals surface area contributed by atoms with Gasteiger partial charge in [0.2, 0.25) is 31.9 Å². The number of sulfonamides is 2. The van der Waals surface area contributed by atoms with Gasteiger partial charge in [0.25, 0.3) is 5.69 Å². The molecule has 1 fully saturated rings. The number of nitrogens with zero attached hydrogens (tertiary/aromatic N) is 3. The number of amides is 2. The van der Waals surface area contributed by atoms with E-state index in [2.05, 4.69) is 10.6 Å². The van der Waals surface area contributed by atoms with Crippen molar-refractivity contribution in [2.45, 2.75) is 22.3 Å². The maximum absolute atomic E-state index is 13.9. The Kier molecular flexibility index (Phi) is 10.9. The number of nitro groups is 1. The van der Waals surface area contributed by atoms with Crippen molar-refractivity contribution < 1.29 is 40.8 Å². The molecule has 1 aliphatic rings. The Morgan fingerprint density at radius 1 is 0.783 bits per heavy atom. The standard InChI is InChI=1S/C29H33N5O10S2/c1-43-24-7-3-5-9-26(24)45(39,40)32-15-16-33(46(41,42)27-10-6-4-8-25(27)44-2)20-29(36)31-22(18-30-28(35)19-32)17-21-11-13-23(14-12-21)34(37)38/h3-14,22H,15-20H2,1-2H3,(H,30,35)(H,31,36). The van der Waals surface area contributed by atoms with E-state index in [9.17, 15) is 36.5 Å². The van der Waals surface area contributed by atoms with Gasteiger partial charge in [-0.2, -0.15) is 8.61 Å². The van der Waals surface area contributed by atoms with Gasteiger partial charge in [-0.05, 0) is 36.2 Å². The van der Waals surface area contributed by atoms with Crippen LogP contribution in [0, 0.1) is 10.1 Å². The van der Waals surface area contributed by atoms with Crippen molar-refractivity contribution in [1.29, 1.82) is 0 Å². The van der Waals surface area contributed by atoms with Gasteiger partial charge in [0.1, 0.15) is 21.3 Å². The molecular weight excluding hydrogens is 642 g/mol. The van der Waals surface area contributed by atoms with Crippen LogP contribution in [0.1, 0.15) is 5.56 Å². The molecule has 1 unspecified atom stereocenters. The van der Waals surface area contributed by atoms with Gasteiger partial charge in [-0.3, -0.25) is 19.7 Å². The van der Waals surface area contributed by atoms with E-state index >= 15 is 0 Å². The summed E-state index contributed by atoms with van der Waals surface area (Å²) in [5, 5.41) is 16.4. The highest BCUT2D eigenvalue weighted by Gasteiger charge is 2.35. The molecule has 46 heavy (non-hydrogen) atoms. The molecule has 3 aromatic carbocycles. The quantitative estimate of drug-likeness (QED) is 0.245. The number of carbonyl (C=O) groups excluding carboxylic acids is 2. The molecular formula is C29H33N5O10S2. The summed E-state index contributed by atoms with van der Waals surface area (Å²) >= 11 is 0. The predicted molar refractivity (Wildman–Crippen MR) is 165 cm³/mol. The minimum Gasteiger partial charge on any atom is -0.495 e. The minimum atomic E-state index is -4.44. The number of carbonyl (C=O) groups is 2. The molecule has 0 aliphatic carbocycles. The Morgan fingerprint density at radius 2 is 1.26 bits per heavy atom. The van der Waals surface area contributed by atoms with Crippen molar-refractivity contribution in [2.75, 3.05) is 46.9 Å². The summed E-state index contributed by atoms with van der Waals surface area (Å²) in [5.41, 5.74) is 0.462. The summed E-state index contributed by atoms with van der Waals surface area (Å²) in [4.78, 5) is 36.5. The fourth-order valence-electron chi connectivity index (χ4n) is 4.83. The van der Waals surface area contributed by atoms with Crippen LogP contribution in [-0.4, -0.2) is 95.2 Å². The maximum Gasteiger partial charge on any atom is 0.269 e. The number of hydrogen-bond acceptors (Lipinski definition) is 10. The third-order valence-corrected chi connectivity index (χ3v) is 10.9. The van der Waals surface area contributed by atoms with Gasteiger partial charge in [0, 0.05) is 31.8 Å². The molecule has 3 aromatic rings. The van der Waals surface area contributed by atoms with E-state index in [1.54, 1.807) is 12.1 Å². The average molecular weight is 676 g/mol. The highest BCUT2D eigenvalue weighted by Crippen LogP contribution is 2.28. The van der Waals surface area contributed by atoms with Gasteiger partial charge in [-0.15, -0.1) is 0 Å². The zero-order valence-electron chi connectivity index (χ0n) is 25.0. The van der Waals surface area contributed by atoms with Crippen LogP contribution in [-0.2, 0) is 36.1 Å². The molecule has 1 heterocycles. The first-order valence-corrected chi connectivity index (χ1v) is 16.8. The monoisotopic (exact) mass is 675 g/mol. The van der Waals surface area contributed by atoms with Crippen molar-refractivity contribution in [1.82, 2.24) is 19.2 Å². The third kappa shape index (κ3) is 7.97. The van der Waals surface area contributed by atoms with E-state index < -0.39 is 69.0 Å². The summed E-state index contributed by atoms with van der Waals surface area (Å²) in [5.74, 6) is -1.39. The second kappa shape index (κ2) is 14.7. The summed E-state index contributed by atoms with van der Waals surface area (Å²) in [6.45, 7) is -2.48. The normalized spacial score (nSPS) is 17.6. The van der Waals surface area contributed by atoms with Gasteiger partial charge in [-0.25, -0.2) is 16.8 Å². The molecule has 17 heteroatoms. The number of methoxy groups -OCH3 is 2. The van der Waals surface area contributed by atoms with E-state index in [1.807, 2.05) is 0 Å². The zero-order valence-corrected chi connectivity index (χ0v) is 26.6. The molecule has 0 radical (unpaired) electrons. The van der Waals surface area contributed by atoms with Crippen molar-refractivity contribution >= 4 is 37.5 Å². The topological polar surface area (TPSA) is 195 Å². The van der Waals surface area contributed by atoms with E-state index in [1.165, 1.54) is 74.9 Å². The van der Waals surface area contributed by atoms with Gasteiger partial charge in [0.15, 0.2) is 0 Å². The lowest BCUT2D eigenvalue weighted by Gasteiger charge is -2.29. The summed E-state index contributed by atoms with van der Waals surface area (Å²) in [6, 6.07) is 16.4. The largest absolute Gasteiger partial charge is 0.495 e. The lowest BCUT2D eigenvalue weighted by Crippen LogP contribution is -2.53. The first-order chi connectivity index (χ1) is 21.9. The van der Waals surface area contributed by atoms with Crippen LogP contribution in [0.5, 0.6) is 11.5 Å².